The average molecular weight is 411 g/mol. The molecular weight excluding hydrogens is 380 g/mol. The molecule has 2 aromatic carbocycles. The van der Waals surface area contributed by atoms with Crippen LogP contribution in [0.3, 0.4) is 0 Å². The highest BCUT2D eigenvalue weighted by Crippen LogP contribution is 2.40. The molecule has 2 aliphatic rings. The monoisotopic (exact) mass is 410 g/mol. The number of ether oxygens (including phenoxy) is 2. The summed E-state index contributed by atoms with van der Waals surface area (Å²) in [7, 11) is 0. The minimum absolute atomic E-state index is 0.0621. The number of carbonyl (C=O) groups is 1. The fourth-order valence-electron chi connectivity index (χ4n) is 4.03. The van der Waals surface area contributed by atoms with Crippen LogP contribution in [0.5, 0.6) is 5.75 Å². The normalized spacial score (nSPS) is 22.8. The lowest BCUT2D eigenvalue weighted by atomic mass is 10.1. The molecule has 0 aromatic heterocycles. The van der Waals surface area contributed by atoms with Gasteiger partial charge in [0.15, 0.2) is 0 Å². The zero-order chi connectivity index (χ0) is 20.8. The molecule has 2 aromatic rings. The van der Waals surface area contributed by atoms with Gasteiger partial charge in [-0.15, -0.1) is 0 Å². The van der Waals surface area contributed by atoms with E-state index in [1.165, 1.54) is 5.56 Å². The SMILES string of the molecule is O=C(N[C@@H]1C[C@H]1c1ccccc1)OC1CCN(CC(O)COc2ccccc2)CC1. The minimum Gasteiger partial charge on any atom is -0.491 e. The predicted molar refractivity (Wildman–Crippen MR) is 115 cm³/mol. The van der Waals surface area contributed by atoms with Crippen LogP contribution in [0.4, 0.5) is 4.79 Å². The topological polar surface area (TPSA) is 71.0 Å². The van der Waals surface area contributed by atoms with E-state index in [1.807, 2.05) is 48.5 Å². The molecule has 6 heteroatoms. The van der Waals surface area contributed by atoms with Gasteiger partial charge in [0, 0.05) is 31.6 Å². The van der Waals surface area contributed by atoms with Gasteiger partial charge in [0.1, 0.15) is 24.6 Å². The van der Waals surface area contributed by atoms with E-state index in [0.29, 0.717) is 12.5 Å². The fourth-order valence-corrected chi connectivity index (χ4v) is 4.03. The van der Waals surface area contributed by atoms with Crippen LogP contribution in [0.1, 0.15) is 30.7 Å². The number of benzene rings is 2. The van der Waals surface area contributed by atoms with Gasteiger partial charge in [0.2, 0.25) is 0 Å². The number of likely N-dealkylation sites (tertiary alicyclic amines) is 1. The van der Waals surface area contributed by atoms with Crippen LogP contribution in [0, 0.1) is 0 Å². The number of piperidine rings is 1. The summed E-state index contributed by atoms with van der Waals surface area (Å²) in [5, 5.41) is 13.2. The van der Waals surface area contributed by atoms with E-state index < -0.39 is 6.10 Å². The van der Waals surface area contributed by atoms with Crippen molar-refractivity contribution in [2.24, 2.45) is 0 Å². The van der Waals surface area contributed by atoms with Gasteiger partial charge in [0.25, 0.3) is 0 Å². The predicted octanol–water partition coefficient (Wildman–Crippen LogP) is 3.17. The molecule has 0 radical (unpaired) electrons. The number of aliphatic hydroxyl groups excluding tert-OH is 1. The fraction of sp³-hybridized carbons (Fsp3) is 0.458. The molecule has 0 spiro atoms. The summed E-state index contributed by atoms with van der Waals surface area (Å²) in [5.41, 5.74) is 1.27. The van der Waals surface area contributed by atoms with Gasteiger partial charge in [-0.2, -0.15) is 0 Å². The van der Waals surface area contributed by atoms with Crippen molar-refractivity contribution in [3.05, 3.63) is 66.2 Å². The zero-order valence-electron chi connectivity index (χ0n) is 17.2. The van der Waals surface area contributed by atoms with Crippen molar-refractivity contribution >= 4 is 6.09 Å². The molecule has 4 rings (SSSR count). The number of rotatable bonds is 8. The Labute approximate surface area is 177 Å². The Morgan fingerprint density at radius 3 is 2.43 bits per heavy atom. The second kappa shape index (κ2) is 9.96. The Bertz CT molecular complexity index is 793. The molecule has 0 bridgehead atoms. The van der Waals surface area contributed by atoms with Crippen LogP contribution in [-0.4, -0.2) is 60.6 Å². The molecule has 6 nitrogen and oxygen atoms in total. The number of para-hydroxylation sites is 1. The summed E-state index contributed by atoms with van der Waals surface area (Å²) < 4.78 is 11.2. The summed E-state index contributed by atoms with van der Waals surface area (Å²) in [6.45, 7) is 2.44. The number of nitrogens with zero attached hydrogens (tertiary/aromatic N) is 1. The number of alkyl carbamates (subject to hydrolysis) is 1. The van der Waals surface area contributed by atoms with E-state index in [0.717, 1.165) is 38.1 Å². The first kappa shape index (κ1) is 20.7. The van der Waals surface area contributed by atoms with Crippen LogP contribution in [0.15, 0.2) is 60.7 Å². The van der Waals surface area contributed by atoms with Gasteiger partial charge >= 0.3 is 6.09 Å². The molecule has 160 valence electrons. The molecule has 1 amide bonds. The molecule has 1 aliphatic heterocycles. The Morgan fingerprint density at radius 2 is 1.73 bits per heavy atom. The first-order valence-electron chi connectivity index (χ1n) is 10.8. The van der Waals surface area contributed by atoms with Crippen LogP contribution in [0.25, 0.3) is 0 Å². The highest BCUT2D eigenvalue weighted by atomic mass is 16.6. The van der Waals surface area contributed by atoms with Crippen molar-refractivity contribution < 1.29 is 19.4 Å². The second-order valence-electron chi connectivity index (χ2n) is 8.19. The van der Waals surface area contributed by atoms with Crippen LogP contribution in [0.2, 0.25) is 0 Å². The van der Waals surface area contributed by atoms with E-state index in [-0.39, 0.29) is 24.8 Å². The second-order valence-corrected chi connectivity index (χ2v) is 8.19. The van der Waals surface area contributed by atoms with Crippen molar-refractivity contribution in [3.63, 3.8) is 0 Å². The lowest BCUT2D eigenvalue weighted by Crippen LogP contribution is -2.43. The third-order valence-corrected chi connectivity index (χ3v) is 5.78. The van der Waals surface area contributed by atoms with Gasteiger partial charge < -0.3 is 24.8 Å². The molecule has 30 heavy (non-hydrogen) atoms. The average Bonchev–Trinajstić information content (AvgIpc) is 3.54. The molecule has 2 N–H and O–H groups in total. The van der Waals surface area contributed by atoms with Gasteiger partial charge in [-0.25, -0.2) is 4.79 Å². The Balaban J connectivity index is 1.11. The number of β-amino-alcohol motifs (C(OH)–C–C–N with tert-alkyl or cyclic N) is 1. The maximum Gasteiger partial charge on any atom is 0.407 e. The highest BCUT2D eigenvalue weighted by Gasteiger charge is 2.40. The first-order valence-corrected chi connectivity index (χ1v) is 10.8. The number of hydrogen-bond donors (Lipinski definition) is 2. The summed E-state index contributed by atoms with van der Waals surface area (Å²) in [6, 6.07) is 20.0. The lowest BCUT2D eigenvalue weighted by molar-refractivity contribution is 0.0230. The molecule has 2 fully saturated rings. The third-order valence-electron chi connectivity index (χ3n) is 5.78. The minimum atomic E-state index is -0.546. The third kappa shape index (κ3) is 5.97. The van der Waals surface area contributed by atoms with E-state index >= 15 is 0 Å². The van der Waals surface area contributed by atoms with E-state index in [4.69, 9.17) is 9.47 Å². The largest absolute Gasteiger partial charge is 0.491 e. The van der Waals surface area contributed by atoms with Crippen molar-refractivity contribution in [2.75, 3.05) is 26.2 Å². The lowest BCUT2D eigenvalue weighted by Gasteiger charge is -2.32. The summed E-state index contributed by atoms with van der Waals surface area (Å²) >= 11 is 0. The standard InChI is InChI=1S/C24H30N2O4/c27-19(17-29-20-9-5-2-6-10-20)16-26-13-11-21(12-14-26)30-24(28)25-23-15-22(23)18-7-3-1-4-8-18/h1-10,19,21-23,27H,11-17H2,(H,25,28)/t19?,22-,23+/m0/s1. The number of hydrogen-bond acceptors (Lipinski definition) is 5. The van der Waals surface area contributed by atoms with Gasteiger partial charge in [-0.1, -0.05) is 48.5 Å². The van der Waals surface area contributed by atoms with Crippen molar-refractivity contribution in [1.82, 2.24) is 10.2 Å². The van der Waals surface area contributed by atoms with Crippen LogP contribution >= 0.6 is 0 Å². The summed E-state index contributed by atoms with van der Waals surface area (Å²) in [5.74, 6) is 1.17. The summed E-state index contributed by atoms with van der Waals surface area (Å²) in [6.07, 6.45) is 1.62. The Hall–Kier alpha value is -2.57. The maximum absolute atomic E-state index is 12.2. The van der Waals surface area contributed by atoms with Gasteiger partial charge in [-0.05, 0) is 37.0 Å². The van der Waals surface area contributed by atoms with Crippen molar-refractivity contribution in [3.8, 4) is 5.75 Å². The quantitative estimate of drug-likeness (QED) is 0.700. The zero-order valence-corrected chi connectivity index (χ0v) is 17.2. The van der Waals surface area contributed by atoms with Gasteiger partial charge in [0.05, 0.1) is 0 Å². The maximum atomic E-state index is 12.2. The number of carbonyl (C=O) groups excluding carboxylic acids is 1. The Kier molecular flexibility index (Phi) is 6.87. The van der Waals surface area contributed by atoms with Gasteiger partial charge in [-0.3, -0.25) is 0 Å². The Morgan fingerprint density at radius 1 is 1.07 bits per heavy atom. The van der Waals surface area contributed by atoms with Crippen LogP contribution in [-0.2, 0) is 4.74 Å². The molecule has 1 aliphatic carbocycles. The van der Waals surface area contributed by atoms with Crippen molar-refractivity contribution in [2.45, 2.75) is 43.4 Å². The number of nitrogens with one attached hydrogen (secondary N) is 1. The molecule has 1 saturated carbocycles. The smallest absolute Gasteiger partial charge is 0.407 e. The molecule has 1 unspecified atom stereocenters. The van der Waals surface area contributed by atoms with Crippen molar-refractivity contribution in [1.29, 1.82) is 0 Å². The van der Waals surface area contributed by atoms with E-state index in [9.17, 15) is 9.90 Å². The van der Waals surface area contributed by atoms with Crippen LogP contribution < -0.4 is 10.1 Å². The first-order chi connectivity index (χ1) is 14.7. The molecular formula is C24H30N2O4. The van der Waals surface area contributed by atoms with E-state index in [2.05, 4.69) is 22.3 Å². The molecule has 3 atom stereocenters. The highest BCUT2D eigenvalue weighted by molar-refractivity contribution is 5.68. The number of aliphatic hydroxyl groups is 1. The molecule has 1 saturated heterocycles. The number of amides is 1. The van der Waals surface area contributed by atoms with E-state index in [1.54, 1.807) is 0 Å². The summed E-state index contributed by atoms with van der Waals surface area (Å²) in [4.78, 5) is 14.4. The molecule has 1 heterocycles.